The Morgan fingerprint density at radius 1 is 1.13 bits per heavy atom. The molecule has 15 heavy (non-hydrogen) atoms. The Bertz CT molecular complexity index is 451. The minimum atomic E-state index is -0.507. The van der Waals surface area contributed by atoms with Crippen molar-refractivity contribution in [3.63, 3.8) is 0 Å². The first-order chi connectivity index (χ1) is 7.36. The van der Waals surface area contributed by atoms with E-state index in [2.05, 4.69) is 0 Å². The molecule has 1 heterocycles. The Morgan fingerprint density at radius 3 is 2.47 bits per heavy atom. The summed E-state index contributed by atoms with van der Waals surface area (Å²) in [7, 11) is 0. The zero-order chi connectivity index (χ0) is 10.7. The summed E-state index contributed by atoms with van der Waals surface area (Å²) in [5, 5.41) is 17.8. The van der Waals surface area contributed by atoms with E-state index in [1.54, 1.807) is 18.2 Å². The summed E-state index contributed by atoms with van der Waals surface area (Å²) in [5.74, 6) is 0. The van der Waals surface area contributed by atoms with Crippen LogP contribution >= 0.6 is 0 Å². The van der Waals surface area contributed by atoms with E-state index in [1.807, 2.05) is 12.1 Å². The fraction of sp³-hybridized carbons (Fsp3) is 0.273. The van der Waals surface area contributed by atoms with Gasteiger partial charge < -0.3 is 9.47 Å². The van der Waals surface area contributed by atoms with Crippen LogP contribution in [0.25, 0.3) is 0 Å². The molecule has 0 atom stereocenters. The van der Waals surface area contributed by atoms with E-state index in [1.165, 1.54) is 0 Å². The van der Waals surface area contributed by atoms with Crippen LogP contribution in [0.1, 0.15) is 23.0 Å². The van der Waals surface area contributed by atoms with Crippen molar-refractivity contribution in [1.82, 2.24) is 0 Å². The number of nitrogens with zero attached hydrogens (tertiary/aromatic N) is 2. The largest absolute Gasteiger partial charge is 0.346 e. The van der Waals surface area contributed by atoms with Gasteiger partial charge in [0.25, 0.3) is 0 Å². The molecular formula is C11H8N2O2. The lowest BCUT2D eigenvalue weighted by Crippen LogP contribution is -2.02. The lowest BCUT2D eigenvalue weighted by atomic mass is 10.0. The second-order valence-electron chi connectivity index (χ2n) is 3.07. The van der Waals surface area contributed by atoms with Gasteiger partial charge in [-0.25, -0.2) is 0 Å². The van der Waals surface area contributed by atoms with E-state index in [0.717, 1.165) is 0 Å². The molecule has 2 rings (SSSR count). The summed E-state index contributed by atoms with van der Waals surface area (Å²) in [6, 6.07) is 9.06. The standard InChI is InChI=1S/C11H8N2O2/c12-6-8-2-1-3-9(10(8)7-13)11-14-4-5-15-11/h1-3,11H,4-5H2. The highest BCUT2D eigenvalue weighted by molar-refractivity contribution is 5.50. The molecule has 1 fully saturated rings. The first kappa shape index (κ1) is 9.67. The van der Waals surface area contributed by atoms with Crippen LogP contribution in [0.5, 0.6) is 0 Å². The molecule has 1 aromatic carbocycles. The molecule has 0 bridgehead atoms. The Balaban J connectivity index is 2.47. The van der Waals surface area contributed by atoms with Crippen molar-refractivity contribution in [3.05, 3.63) is 34.9 Å². The van der Waals surface area contributed by atoms with Gasteiger partial charge in [0.05, 0.1) is 24.3 Å². The summed E-state index contributed by atoms with van der Waals surface area (Å²) < 4.78 is 10.6. The number of nitriles is 2. The minimum absolute atomic E-state index is 0.340. The Morgan fingerprint density at radius 2 is 1.87 bits per heavy atom. The highest BCUT2D eigenvalue weighted by Gasteiger charge is 2.22. The van der Waals surface area contributed by atoms with Crippen molar-refractivity contribution in [1.29, 1.82) is 10.5 Å². The minimum Gasteiger partial charge on any atom is -0.346 e. The molecule has 1 aliphatic rings. The number of benzene rings is 1. The fourth-order valence-electron chi connectivity index (χ4n) is 1.52. The van der Waals surface area contributed by atoms with E-state index >= 15 is 0 Å². The van der Waals surface area contributed by atoms with Crippen molar-refractivity contribution in [3.8, 4) is 12.1 Å². The second-order valence-corrected chi connectivity index (χ2v) is 3.07. The first-order valence-electron chi connectivity index (χ1n) is 4.53. The predicted molar refractivity (Wildman–Crippen MR) is 50.5 cm³/mol. The average molecular weight is 200 g/mol. The number of rotatable bonds is 1. The van der Waals surface area contributed by atoms with E-state index in [9.17, 15) is 0 Å². The Labute approximate surface area is 87.3 Å². The SMILES string of the molecule is N#Cc1cccc(C2OCCO2)c1C#N. The lowest BCUT2D eigenvalue weighted by Gasteiger charge is -2.11. The van der Waals surface area contributed by atoms with Crippen LogP contribution in [0.15, 0.2) is 18.2 Å². The third-order valence-electron chi connectivity index (χ3n) is 2.20. The second kappa shape index (κ2) is 4.10. The van der Waals surface area contributed by atoms with Gasteiger partial charge in [0.1, 0.15) is 12.1 Å². The monoisotopic (exact) mass is 200 g/mol. The fourth-order valence-corrected chi connectivity index (χ4v) is 1.52. The predicted octanol–water partition coefficient (Wildman–Crippen LogP) is 1.48. The van der Waals surface area contributed by atoms with Crippen LogP contribution in [0.4, 0.5) is 0 Å². The van der Waals surface area contributed by atoms with Gasteiger partial charge in [-0.3, -0.25) is 0 Å². The highest BCUT2D eigenvalue weighted by Crippen LogP contribution is 2.27. The third-order valence-corrected chi connectivity index (χ3v) is 2.20. The maximum absolute atomic E-state index is 8.98. The summed E-state index contributed by atoms with van der Waals surface area (Å²) in [5.41, 5.74) is 1.33. The van der Waals surface area contributed by atoms with Crippen LogP contribution in [-0.2, 0) is 9.47 Å². The summed E-state index contributed by atoms with van der Waals surface area (Å²) in [4.78, 5) is 0. The van der Waals surface area contributed by atoms with Crippen LogP contribution in [0.2, 0.25) is 0 Å². The third kappa shape index (κ3) is 1.69. The van der Waals surface area contributed by atoms with Crippen LogP contribution < -0.4 is 0 Å². The topological polar surface area (TPSA) is 66.0 Å². The lowest BCUT2D eigenvalue weighted by molar-refractivity contribution is -0.0443. The summed E-state index contributed by atoms with van der Waals surface area (Å²) in [6.45, 7) is 1.04. The maximum atomic E-state index is 8.98. The smallest absolute Gasteiger partial charge is 0.185 e. The van der Waals surface area contributed by atoms with Gasteiger partial charge in [-0.15, -0.1) is 0 Å². The van der Waals surface area contributed by atoms with Gasteiger partial charge in [0.2, 0.25) is 0 Å². The van der Waals surface area contributed by atoms with Gasteiger partial charge >= 0.3 is 0 Å². The normalized spacial score (nSPS) is 15.9. The molecule has 1 aromatic rings. The molecule has 1 aliphatic heterocycles. The van der Waals surface area contributed by atoms with E-state index < -0.39 is 6.29 Å². The summed E-state index contributed by atoms with van der Waals surface area (Å²) in [6.07, 6.45) is -0.507. The molecule has 0 spiro atoms. The van der Waals surface area contributed by atoms with E-state index in [0.29, 0.717) is 29.9 Å². The zero-order valence-corrected chi connectivity index (χ0v) is 7.93. The van der Waals surface area contributed by atoms with Crippen molar-refractivity contribution >= 4 is 0 Å². The van der Waals surface area contributed by atoms with E-state index in [4.69, 9.17) is 20.0 Å². The Hall–Kier alpha value is -1.88. The Kier molecular flexibility index (Phi) is 2.64. The molecule has 0 unspecified atom stereocenters. The van der Waals surface area contributed by atoms with Crippen molar-refractivity contribution in [2.24, 2.45) is 0 Å². The van der Waals surface area contributed by atoms with Crippen LogP contribution in [0, 0.1) is 22.7 Å². The first-order valence-corrected chi connectivity index (χ1v) is 4.53. The number of hydrogen-bond donors (Lipinski definition) is 0. The number of ether oxygens (including phenoxy) is 2. The van der Waals surface area contributed by atoms with Gasteiger partial charge in [0.15, 0.2) is 6.29 Å². The van der Waals surface area contributed by atoms with Crippen molar-refractivity contribution in [2.45, 2.75) is 6.29 Å². The van der Waals surface area contributed by atoms with Crippen LogP contribution in [-0.4, -0.2) is 13.2 Å². The maximum Gasteiger partial charge on any atom is 0.185 e. The molecule has 0 radical (unpaired) electrons. The summed E-state index contributed by atoms with van der Waals surface area (Å²) >= 11 is 0. The van der Waals surface area contributed by atoms with E-state index in [-0.39, 0.29) is 0 Å². The average Bonchev–Trinajstić information content (AvgIpc) is 2.81. The van der Waals surface area contributed by atoms with Gasteiger partial charge in [0, 0.05) is 5.56 Å². The highest BCUT2D eigenvalue weighted by atomic mass is 16.7. The van der Waals surface area contributed by atoms with Crippen molar-refractivity contribution in [2.75, 3.05) is 13.2 Å². The molecule has 4 nitrogen and oxygen atoms in total. The van der Waals surface area contributed by atoms with Gasteiger partial charge in [-0.1, -0.05) is 12.1 Å². The van der Waals surface area contributed by atoms with Gasteiger partial charge in [-0.05, 0) is 6.07 Å². The number of hydrogen-bond acceptors (Lipinski definition) is 4. The molecule has 74 valence electrons. The molecule has 1 saturated heterocycles. The van der Waals surface area contributed by atoms with Gasteiger partial charge in [-0.2, -0.15) is 10.5 Å². The molecule has 0 N–H and O–H groups in total. The quantitative estimate of drug-likeness (QED) is 0.688. The van der Waals surface area contributed by atoms with Crippen LogP contribution in [0.3, 0.4) is 0 Å². The van der Waals surface area contributed by atoms with Crippen molar-refractivity contribution < 1.29 is 9.47 Å². The zero-order valence-electron chi connectivity index (χ0n) is 7.93. The molecular weight excluding hydrogens is 192 g/mol. The molecule has 0 amide bonds. The molecule has 4 heteroatoms. The molecule has 0 aromatic heterocycles. The molecule has 0 aliphatic carbocycles. The molecule has 0 saturated carbocycles.